The standard InChI is InChI=1S/C16H21N5O5/c1-16(2,3)25-15(24)18-11(14(17)23)8-9-13(22)26-21-12-7-5-4-6-10(12)19-20-21/h4-7,11H,8-9H2,1-3H3,(H2,17,23)(H,18,24)/t11-/m1/s1. The smallest absolute Gasteiger partial charge is 0.408 e. The number of amides is 2. The summed E-state index contributed by atoms with van der Waals surface area (Å²) in [6.07, 6.45) is -1.01. The van der Waals surface area contributed by atoms with Gasteiger partial charge in [0.2, 0.25) is 5.91 Å². The van der Waals surface area contributed by atoms with E-state index in [0.29, 0.717) is 11.0 Å². The molecule has 26 heavy (non-hydrogen) atoms. The van der Waals surface area contributed by atoms with E-state index < -0.39 is 29.6 Å². The lowest BCUT2D eigenvalue weighted by Gasteiger charge is -2.22. The Balaban J connectivity index is 1.91. The van der Waals surface area contributed by atoms with Crippen LogP contribution in [-0.4, -0.2) is 44.8 Å². The van der Waals surface area contributed by atoms with Gasteiger partial charge in [0, 0.05) is 0 Å². The number of nitrogens with one attached hydrogen (secondary N) is 1. The molecule has 1 aromatic heterocycles. The molecule has 1 heterocycles. The number of hydrogen-bond acceptors (Lipinski definition) is 7. The van der Waals surface area contributed by atoms with Gasteiger partial charge in [0.25, 0.3) is 0 Å². The van der Waals surface area contributed by atoms with Crippen LogP contribution in [0, 0.1) is 0 Å². The third kappa shape index (κ3) is 5.43. The molecule has 0 radical (unpaired) electrons. The Morgan fingerprint density at radius 2 is 1.96 bits per heavy atom. The van der Waals surface area contributed by atoms with Crippen molar-refractivity contribution in [2.75, 3.05) is 0 Å². The first-order chi connectivity index (χ1) is 12.2. The van der Waals surface area contributed by atoms with Gasteiger partial charge in [0.05, 0.1) is 6.42 Å². The Labute approximate surface area is 149 Å². The van der Waals surface area contributed by atoms with E-state index in [1.165, 1.54) is 0 Å². The number of primary amides is 1. The van der Waals surface area contributed by atoms with Crippen LogP contribution in [0.15, 0.2) is 24.3 Å². The molecular formula is C16H21N5O5. The summed E-state index contributed by atoms with van der Waals surface area (Å²) >= 11 is 0. The second-order valence-electron chi connectivity index (χ2n) is 6.55. The molecule has 0 unspecified atom stereocenters. The monoisotopic (exact) mass is 363 g/mol. The van der Waals surface area contributed by atoms with Gasteiger partial charge in [-0.15, -0.1) is 5.10 Å². The quantitative estimate of drug-likeness (QED) is 0.714. The maximum Gasteiger partial charge on any atom is 0.408 e. The minimum absolute atomic E-state index is 0.0416. The molecule has 2 aromatic rings. The summed E-state index contributed by atoms with van der Waals surface area (Å²) in [4.78, 5) is 41.3. The number of aromatic nitrogens is 3. The molecule has 140 valence electrons. The molecule has 2 rings (SSSR count). The Morgan fingerprint density at radius 3 is 2.62 bits per heavy atom. The molecule has 0 aliphatic heterocycles. The van der Waals surface area contributed by atoms with E-state index >= 15 is 0 Å². The number of ether oxygens (including phenoxy) is 1. The summed E-state index contributed by atoms with van der Waals surface area (Å²) in [5.74, 6) is -1.44. The lowest BCUT2D eigenvalue weighted by atomic mass is 10.1. The fraction of sp³-hybridized carbons (Fsp3) is 0.438. The molecule has 0 bridgehead atoms. The van der Waals surface area contributed by atoms with E-state index in [9.17, 15) is 14.4 Å². The number of nitrogens with zero attached hydrogens (tertiary/aromatic N) is 3. The number of hydrogen-bond donors (Lipinski definition) is 2. The van der Waals surface area contributed by atoms with Gasteiger partial charge in [0.15, 0.2) is 0 Å². The Hall–Kier alpha value is -3.17. The number of para-hydroxylation sites is 1. The van der Waals surface area contributed by atoms with Crippen molar-refractivity contribution < 1.29 is 24.0 Å². The summed E-state index contributed by atoms with van der Waals surface area (Å²) in [6, 6.07) is 5.89. The molecule has 0 aliphatic carbocycles. The molecule has 2 amide bonds. The van der Waals surface area contributed by atoms with Gasteiger partial charge >= 0.3 is 12.1 Å². The van der Waals surface area contributed by atoms with Crippen molar-refractivity contribution in [1.82, 2.24) is 20.5 Å². The highest BCUT2D eigenvalue weighted by Crippen LogP contribution is 2.10. The van der Waals surface area contributed by atoms with Crippen molar-refractivity contribution in [1.29, 1.82) is 0 Å². The molecule has 0 aliphatic rings. The van der Waals surface area contributed by atoms with Gasteiger partial charge < -0.3 is 20.6 Å². The minimum Gasteiger partial charge on any atom is -0.444 e. The normalized spacial score (nSPS) is 12.4. The zero-order chi connectivity index (χ0) is 19.3. The number of benzene rings is 1. The summed E-state index contributed by atoms with van der Waals surface area (Å²) in [5.41, 5.74) is 5.63. The topological polar surface area (TPSA) is 138 Å². The number of nitrogens with two attached hydrogens (primary N) is 1. The highest BCUT2D eigenvalue weighted by molar-refractivity contribution is 5.85. The largest absolute Gasteiger partial charge is 0.444 e. The van der Waals surface area contributed by atoms with Gasteiger partial charge in [-0.2, -0.15) is 0 Å². The van der Waals surface area contributed by atoms with Gasteiger partial charge in [-0.05, 0) is 44.5 Å². The first kappa shape index (κ1) is 19.2. The SMILES string of the molecule is CC(C)(C)OC(=O)N[C@H](CCC(=O)On1nnc2ccccc21)C(N)=O. The highest BCUT2D eigenvalue weighted by atomic mass is 16.7. The fourth-order valence-corrected chi connectivity index (χ4v) is 2.05. The predicted molar refractivity (Wildman–Crippen MR) is 90.7 cm³/mol. The van der Waals surface area contributed by atoms with Crippen molar-refractivity contribution in [2.24, 2.45) is 5.73 Å². The molecule has 10 nitrogen and oxygen atoms in total. The molecule has 1 atom stereocenters. The van der Waals surface area contributed by atoms with Crippen LogP contribution < -0.4 is 15.9 Å². The maximum absolute atomic E-state index is 12.0. The summed E-state index contributed by atoms with van der Waals surface area (Å²) < 4.78 is 5.06. The Bertz CT molecular complexity index is 811. The first-order valence-electron chi connectivity index (χ1n) is 7.96. The van der Waals surface area contributed by atoms with Gasteiger partial charge in [-0.3, -0.25) is 4.79 Å². The molecule has 3 N–H and O–H groups in total. The van der Waals surface area contributed by atoms with E-state index in [1.54, 1.807) is 45.0 Å². The van der Waals surface area contributed by atoms with Crippen LogP contribution in [0.1, 0.15) is 33.6 Å². The van der Waals surface area contributed by atoms with Crippen molar-refractivity contribution >= 4 is 29.0 Å². The van der Waals surface area contributed by atoms with Gasteiger partial charge in [0.1, 0.15) is 22.7 Å². The fourth-order valence-electron chi connectivity index (χ4n) is 2.05. The second kappa shape index (κ2) is 7.81. The van der Waals surface area contributed by atoms with E-state index in [4.69, 9.17) is 15.3 Å². The average molecular weight is 363 g/mol. The number of carbonyl (C=O) groups is 3. The molecule has 0 spiro atoms. The van der Waals surface area contributed by atoms with Crippen LogP contribution in [0.2, 0.25) is 0 Å². The zero-order valence-electron chi connectivity index (χ0n) is 14.8. The molecule has 1 aromatic carbocycles. The number of fused-ring (bicyclic) bond motifs is 1. The van der Waals surface area contributed by atoms with Crippen LogP contribution in [0.25, 0.3) is 11.0 Å². The van der Waals surface area contributed by atoms with E-state index in [-0.39, 0.29) is 12.8 Å². The van der Waals surface area contributed by atoms with Crippen LogP contribution >= 0.6 is 0 Å². The summed E-state index contributed by atoms with van der Waals surface area (Å²) in [5, 5.41) is 9.92. The zero-order valence-corrected chi connectivity index (χ0v) is 14.8. The summed E-state index contributed by atoms with van der Waals surface area (Å²) in [6.45, 7) is 5.06. The Morgan fingerprint density at radius 1 is 1.27 bits per heavy atom. The van der Waals surface area contributed by atoms with Gasteiger partial charge in [-0.1, -0.05) is 17.0 Å². The van der Waals surface area contributed by atoms with Gasteiger partial charge in [-0.25, -0.2) is 9.59 Å². The predicted octanol–water partition coefficient (Wildman–Crippen LogP) is 0.545. The minimum atomic E-state index is -1.06. The third-order valence-corrected chi connectivity index (χ3v) is 3.18. The molecule has 0 fully saturated rings. The van der Waals surface area contributed by atoms with E-state index in [1.807, 2.05) is 0 Å². The molecular weight excluding hydrogens is 342 g/mol. The summed E-state index contributed by atoms with van der Waals surface area (Å²) in [7, 11) is 0. The third-order valence-electron chi connectivity index (χ3n) is 3.18. The Kier molecular flexibility index (Phi) is 5.75. The van der Waals surface area contributed by atoms with Crippen molar-refractivity contribution in [3.05, 3.63) is 24.3 Å². The lowest BCUT2D eigenvalue weighted by Crippen LogP contribution is -2.46. The van der Waals surface area contributed by atoms with Crippen LogP contribution in [0.3, 0.4) is 0 Å². The van der Waals surface area contributed by atoms with Crippen molar-refractivity contribution in [3.8, 4) is 0 Å². The number of rotatable bonds is 6. The maximum atomic E-state index is 12.0. The van der Waals surface area contributed by atoms with Crippen LogP contribution in [0.4, 0.5) is 4.79 Å². The van der Waals surface area contributed by atoms with E-state index in [0.717, 1.165) is 4.85 Å². The first-order valence-corrected chi connectivity index (χ1v) is 7.96. The van der Waals surface area contributed by atoms with Crippen molar-refractivity contribution in [3.63, 3.8) is 0 Å². The molecule has 0 saturated heterocycles. The second-order valence-corrected chi connectivity index (χ2v) is 6.55. The number of carbonyl (C=O) groups excluding carboxylic acids is 3. The number of alkyl carbamates (subject to hydrolysis) is 1. The van der Waals surface area contributed by atoms with E-state index in [2.05, 4.69) is 15.6 Å². The molecule has 0 saturated carbocycles. The van der Waals surface area contributed by atoms with Crippen molar-refractivity contribution in [2.45, 2.75) is 45.3 Å². The average Bonchev–Trinajstić information content (AvgIpc) is 2.92. The lowest BCUT2D eigenvalue weighted by molar-refractivity contribution is -0.145. The van der Waals surface area contributed by atoms with Crippen LogP contribution in [0.5, 0.6) is 0 Å². The highest BCUT2D eigenvalue weighted by Gasteiger charge is 2.24. The van der Waals surface area contributed by atoms with Crippen LogP contribution in [-0.2, 0) is 14.3 Å². The molecule has 10 heteroatoms.